The van der Waals surface area contributed by atoms with Crippen LogP contribution in [0.3, 0.4) is 0 Å². The van der Waals surface area contributed by atoms with Crippen LogP contribution < -0.4 is 10.0 Å². The van der Waals surface area contributed by atoms with Crippen molar-refractivity contribution >= 4 is 21.8 Å². The van der Waals surface area contributed by atoms with Crippen LogP contribution in [0, 0.1) is 5.92 Å². The van der Waals surface area contributed by atoms with Crippen molar-refractivity contribution in [2.24, 2.45) is 5.92 Å². The molecular formula is C12H24N2O2S2. The van der Waals surface area contributed by atoms with Gasteiger partial charge in [0.05, 0.1) is 5.75 Å². The summed E-state index contributed by atoms with van der Waals surface area (Å²) in [4.78, 5) is 0. The van der Waals surface area contributed by atoms with Crippen molar-refractivity contribution in [1.29, 1.82) is 0 Å². The molecule has 6 heteroatoms. The lowest BCUT2D eigenvalue weighted by molar-refractivity contribution is 0.316. The molecule has 1 saturated carbocycles. The summed E-state index contributed by atoms with van der Waals surface area (Å²) < 4.78 is 26.2. The number of sulfonamides is 1. The van der Waals surface area contributed by atoms with Gasteiger partial charge in [-0.3, -0.25) is 0 Å². The molecule has 1 unspecified atom stereocenters. The van der Waals surface area contributed by atoms with E-state index < -0.39 is 10.0 Å². The molecule has 1 aliphatic carbocycles. The number of rotatable bonds is 7. The summed E-state index contributed by atoms with van der Waals surface area (Å²) in [6, 6.07) is 0.505. The van der Waals surface area contributed by atoms with E-state index in [4.69, 9.17) is 0 Å². The van der Waals surface area contributed by atoms with Crippen molar-refractivity contribution < 1.29 is 8.42 Å². The molecule has 0 spiro atoms. The second-order valence-electron chi connectivity index (χ2n) is 5.33. The molecule has 0 amide bonds. The summed E-state index contributed by atoms with van der Waals surface area (Å²) in [6.07, 6.45) is 6.05. The average molecular weight is 292 g/mol. The quantitative estimate of drug-likeness (QED) is 0.740. The van der Waals surface area contributed by atoms with Crippen LogP contribution in [0.1, 0.15) is 32.1 Å². The standard InChI is InChI=1S/C12H24N2O2S2/c15-18(16,14-9-11-3-1-4-11)8-6-13-12-5-2-7-17-10-12/h11-14H,1-10H2. The predicted octanol–water partition coefficient (Wildman–Crippen LogP) is 1.19. The van der Waals surface area contributed by atoms with E-state index in [0.29, 0.717) is 25.0 Å². The zero-order valence-corrected chi connectivity index (χ0v) is 12.5. The van der Waals surface area contributed by atoms with Crippen molar-refractivity contribution in [3.63, 3.8) is 0 Å². The zero-order chi connectivity index (χ0) is 12.8. The first-order valence-electron chi connectivity index (χ1n) is 6.94. The van der Waals surface area contributed by atoms with E-state index in [1.807, 2.05) is 11.8 Å². The largest absolute Gasteiger partial charge is 0.312 e. The molecule has 0 aromatic heterocycles. The molecule has 1 aliphatic heterocycles. The molecule has 1 atom stereocenters. The van der Waals surface area contributed by atoms with Gasteiger partial charge in [0.2, 0.25) is 10.0 Å². The lowest BCUT2D eigenvalue weighted by Gasteiger charge is -2.25. The van der Waals surface area contributed by atoms with Crippen molar-refractivity contribution in [2.45, 2.75) is 38.1 Å². The second-order valence-corrected chi connectivity index (χ2v) is 8.41. The van der Waals surface area contributed by atoms with Crippen LogP contribution in [-0.4, -0.2) is 44.8 Å². The Balaban J connectivity index is 1.58. The van der Waals surface area contributed by atoms with E-state index in [1.54, 1.807) is 0 Å². The van der Waals surface area contributed by atoms with Gasteiger partial charge in [-0.1, -0.05) is 6.42 Å². The SMILES string of the molecule is O=S(=O)(CCNC1CCCSC1)NCC1CCC1. The summed E-state index contributed by atoms with van der Waals surface area (Å²) in [5.74, 6) is 3.16. The third-order valence-corrected chi connectivity index (χ3v) is 6.34. The van der Waals surface area contributed by atoms with Crippen LogP contribution >= 0.6 is 11.8 Å². The lowest BCUT2D eigenvalue weighted by atomic mass is 9.86. The summed E-state index contributed by atoms with van der Waals surface area (Å²) in [7, 11) is -3.07. The Labute approximate surface area is 115 Å². The molecule has 0 bridgehead atoms. The van der Waals surface area contributed by atoms with Gasteiger partial charge in [-0.25, -0.2) is 13.1 Å². The van der Waals surface area contributed by atoms with Crippen LogP contribution in [0.15, 0.2) is 0 Å². The minimum atomic E-state index is -3.07. The number of thioether (sulfide) groups is 1. The summed E-state index contributed by atoms with van der Waals surface area (Å²) in [6.45, 7) is 1.22. The van der Waals surface area contributed by atoms with Crippen molar-refractivity contribution in [1.82, 2.24) is 10.0 Å². The third-order valence-electron chi connectivity index (χ3n) is 3.78. The van der Waals surface area contributed by atoms with Crippen LogP contribution in [0.2, 0.25) is 0 Å². The molecule has 0 aromatic carbocycles. The highest BCUT2D eigenvalue weighted by Gasteiger charge is 2.20. The summed E-state index contributed by atoms with van der Waals surface area (Å²) >= 11 is 1.96. The summed E-state index contributed by atoms with van der Waals surface area (Å²) in [5.41, 5.74) is 0. The monoisotopic (exact) mass is 292 g/mol. The number of hydrogen-bond donors (Lipinski definition) is 2. The highest BCUT2D eigenvalue weighted by Crippen LogP contribution is 2.25. The van der Waals surface area contributed by atoms with Gasteiger partial charge in [0.25, 0.3) is 0 Å². The van der Waals surface area contributed by atoms with Gasteiger partial charge in [0.15, 0.2) is 0 Å². The van der Waals surface area contributed by atoms with Crippen molar-refractivity contribution in [3.05, 3.63) is 0 Å². The van der Waals surface area contributed by atoms with Gasteiger partial charge < -0.3 is 5.32 Å². The van der Waals surface area contributed by atoms with E-state index >= 15 is 0 Å². The first kappa shape index (κ1) is 14.6. The van der Waals surface area contributed by atoms with Crippen LogP contribution in [0.4, 0.5) is 0 Å². The van der Waals surface area contributed by atoms with Crippen molar-refractivity contribution in [2.75, 3.05) is 30.3 Å². The molecule has 18 heavy (non-hydrogen) atoms. The smallest absolute Gasteiger partial charge is 0.212 e. The average Bonchev–Trinajstić information content (AvgIpc) is 2.28. The predicted molar refractivity (Wildman–Crippen MR) is 77.5 cm³/mol. The van der Waals surface area contributed by atoms with E-state index in [9.17, 15) is 8.42 Å². The molecule has 4 nitrogen and oxygen atoms in total. The van der Waals surface area contributed by atoms with E-state index in [2.05, 4.69) is 10.0 Å². The van der Waals surface area contributed by atoms with E-state index in [0.717, 1.165) is 5.75 Å². The first-order chi connectivity index (χ1) is 8.66. The zero-order valence-electron chi connectivity index (χ0n) is 10.9. The van der Waals surface area contributed by atoms with Gasteiger partial charge >= 0.3 is 0 Å². The molecule has 1 saturated heterocycles. The Morgan fingerprint density at radius 3 is 2.61 bits per heavy atom. The Morgan fingerprint density at radius 1 is 1.17 bits per heavy atom. The topological polar surface area (TPSA) is 58.2 Å². The number of hydrogen-bond acceptors (Lipinski definition) is 4. The molecule has 0 radical (unpaired) electrons. The van der Waals surface area contributed by atoms with Crippen LogP contribution in [0.25, 0.3) is 0 Å². The molecule has 106 valence electrons. The number of nitrogens with one attached hydrogen (secondary N) is 2. The van der Waals surface area contributed by atoms with Gasteiger partial charge in [0.1, 0.15) is 0 Å². The van der Waals surface area contributed by atoms with Gasteiger partial charge in [-0.2, -0.15) is 11.8 Å². The Morgan fingerprint density at radius 2 is 2.00 bits per heavy atom. The minimum Gasteiger partial charge on any atom is -0.312 e. The summed E-state index contributed by atoms with van der Waals surface area (Å²) in [5, 5.41) is 3.35. The fraction of sp³-hybridized carbons (Fsp3) is 1.00. The fourth-order valence-electron chi connectivity index (χ4n) is 2.31. The van der Waals surface area contributed by atoms with Crippen molar-refractivity contribution in [3.8, 4) is 0 Å². The maximum atomic E-state index is 11.8. The molecule has 0 aromatic rings. The minimum absolute atomic E-state index is 0.209. The first-order valence-corrected chi connectivity index (χ1v) is 9.75. The lowest BCUT2D eigenvalue weighted by Crippen LogP contribution is -2.40. The van der Waals surface area contributed by atoms with E-state index in [-0.39, 0.29) is 5.75 Å². The normalized spacial score (nSPS) is 25.9. The third kappa shape index (κ3) is 5.07. The molecular weight excluding hydrogens is 268 g/mol. The maximum Gasteiger partial charge on any atom is 0.212 e. The Kier molecular flexibility index (Phi) is 5.79. The van der Waals surface area contributed by atoms with Gasteiger partial charge in [-0.05, 0) is 37.4 Å². The van der Waals surface area contributed by atoms with E-state index in [1.165, 1.54) is 37.9 Å². The Bertz CT molecular complexity index is 336. The molecule has 2 fully saturated rings. The van der Waals surface area contributed by atoms with Crippen LogP contribution in [-0.2, 0) is 10.0 Å². The highest BCUT2D eigenvalue weighted by atomic mass is 32.2. The van der Waals surface area contributed by atoms with Gasteiger partial charge in [0, 0.05) is 24.9 Å². The second kappa shape index (κ2) is 7.12. The molecule has 2 rings (SSSR count). The van der Waals surface area contributed by atoms with Gasteiger partial charge in [-0.15, -0.1) is 0 Å². The Hall–Kier alpha value is 0.220. The van der Waals surface area contributed by atoms with Crippen LogP contribution in [0.5, 0.6) is 0 Å². The fourth-order valence-corrected chi connectivity index (χ4v) is 4.44. The highest BCUT2D eigenvalue weighted by molar-refractivity contribution is 7.99. The molecule has 1 heterocycles. The maximum absolute atomic E-state index is 11.8. The molecule has 2 N–H and O–H groups in total. The molecule has 2 aliphatic rings.